The first-order chi connectivity index (χ1) is 17.5. The smallest absolute Gasteiger partial charge is 0.256 e. The predicted molar refractivity (Wildman–Crippen MR) is 140 cm³/mol. The Balaban J connectivity index is 1.18. The largest absolute Gasteiger partial charge is 0.491 e. The Morgan fingerprint density at radius 3 is 2.86 bits per heavy atom. The van der Waals surface area contributed by atoms with E-state index in [1.165, 1.54) is 29.7 Å². The summed E-state index contributed by atoms with van der Waals surface area (Å²) in [5, 5.41) is 8.78. The number of para-hydroxylation sites is 1. The number of nitrogens with zero attached hydrogens (tertiary/aromatic N) is 3. The number of carbonyl (C=O) groups is 1. The monoisotopic (exact) mass is 483 g/mol. The van der Waals surface area contributed by atoms with Gasteiger partial charge in [-0.2, -0.15) is 5.10 Å². The number of aromatic nitrogens is 3. The predicted octanol–water partition coefficient (Wildman–Crippen LogP) is 5.05. The highest BCUT2D eigenvalue weighted by molar-refractivity contribution is 6.06. The molecular formula is C29H33N5O2. The molecule has 1 aliphatic carbocycles. The summed E-state index contributed by atoms with van der Waals surface area (Å²) in [6.07, 6.45) is 2.52. The Kier molecular flexibility index (Phi) is 5.80. The molecule has 7 nitrogen and oxygen atoms in total. The average Bonchev–Trinajstić information content (AvgIpc) is 3.59. The van der Waals surface area contributed by atoms with Gasteiger partial charge in [0.1, 0.15) is 12.4 Å². The van der Waals surface area contributed by atoms with E-state index < -0.39 is 0 Å². The lowest BCUT2D eigenvalue weighted by Gasteiger charge is -2.21. The van der Waals surface area contributed by atoms with Crippen molar-refractivity contribution in [3.8, 4) is 5.75 Å². The number of nitrogens with one attached hydrogen (secondary N) is 2. The van der Waals surface area contributed by atoms with Crippen LogP contribution < -0.4 is 4.74 Å². The number of aryl methyl sites for hydroxylation is 2. The van der Waals surface area contributed by atoms with Crippen molar-refractivity contribution in [1.29, 1.82) is 0 Å². The summed E-state index contributed by atoms with van der Waals surface area (Å²) < 4.78 is 6.03. The van der Waals surface area contributed by atoms with Crippen LogP contribution in [0.4, 0.5) is 0 Å². The molecule has 4 aromatic rings. The van der Waals surface area contributed by atoms with E-state index in [-0.39, 0.29) is 5.91 Å². The van der Waals surface area contributed by atoms with Gasteiger partial charge in [-0.1, -0.05) is 18.2 Å². The molecule has 2 aromatic heterocycles. The fourth-order valence-electron chi connectivity index (χ4n) is 5.26. The van der Waals surface area contributed by atoms with Crippen LogP contribution in [0.1, 0.15) is 62.9 Å². The molecule has 186 valence electrons. The Hall–Kier alpha value is -3.58. The Labute approximate surface area is 211 Å². The number of carbonyl (C=O) groups excluding carboxylic acids is 1. The standard InChI is InChI=1S/C29H33N5O2/c1-18-19(2)30-28-24(18)5-4-6-25(28)29(35)34-11-12-36-27-10-7-20(13-22(27)16-34)15-33(3)17-23-14-26(32-31-23)21-8-9-21/h4-7,10,13-14,21,30H,8-9,11-12,15-17H2,1-3H3,(H,31,32). The molecule has 2 aliphatic rings. The van der Waals surface area contributed by atoms with Gasteiger partial charge in [0.05, 0.1) is 23.3 Å². The summed E-state index contributed by atoms with van der Waals surface area (Å²) >= 11 is 0. The van der Waals surface area contributed by atoms with E-state index in [1.807, 2.05) is 23.1 Å². The van der Waals surface area contributed by atoms with Crippen LogP contribution in [0.2, 0.25) is 0 Å². The van der Waals surface area contributed by atoms with E-state index >= 15 is 0 Å². The van der Waals surface area contributed by atoms with Crippen molar-refractivity contribution < 1.29 is 9.53 Å². The van der Waals surface area contributed by atoms with E-state index in [1.54, 1.807) is 0 Å². The molecule has 1 amide bonds. The van der Waals surface area contributed by atoms with Gasteiger partial charge in [-0.05, 0) is 69.1 Å². The second-order valence-corrected chi connectivity index (χ2v) is 10.4. The zero-order valence-electron chi connectivity index (χ0n) is 21.2. The molecule has 7 heteroatoms. The van der Waals surface area contributed by atoms with Crippen LogP contribution in [0.15, 0.2) is 42.5 Å². The minimum absolute atomic E-state index is 0.0338. The highest BCUT2D eigenvalue weighted by Gasteiger charge is 2.26. The van der Waals surface area contributed by atoms with Crippen molar-refractivity contribution in [2.24, 2.45) is 0 Å². The molecule has 1 fully saturated rings. The quantitative estimate of drug-likeness (QED) is 0.402. The van der Waals surface area contributed by atoms with Gasteiger partial charge in [0.15, 0.2) is 0 Å². The van der Waals surface area contributed by atoms with Crippen LogP contribution in [-0.2, 0) is 19.6 Å². The summed E-state index contributed by atoms with van der Waals surface area (Å²) in [6.45, 7) is 7.34. The summed E-state index contributed by atoms with van der Waals surface area (Å²) in [4.78, 5) is 21.3. The van der Waals surface area contributed by atoms with Crippen LogP contribution in [-0.4, -0.2) is 51.1 Å². The van der Waals surface area contributed by atoms with Gasteiger partial charge in [-0.3, -0.25) is 14.8 Å². The second kappa shape index (κ2) is 9.13. The molecule has 2 aromatic carbocycles. The topological polar surface area (TPSA) is 77.2 Å². The van der Waals surface area contributed by atoms with Crippen molar-refractivity contribution in [1.82, 2.24) is 25.0 Å². The SMILES string of the molecule is Cc1[nH]c2c(C(=O)N3CCOc4ccc(CN(C)Cc5cc(C6CC6)n[nH]5)cc4C3)cccc2c1C. The molecular weight excluding hydrogens is 450 g/mol. The Morgan fingerprint density at radius 2 is 2.03 bits per heavy atom. The van der Waals surface area contributed by atoms with Gasteiger partial charge in [-0.25, -0.2) is 0 Å². The maximum absolute atomic E-state index is 13.6. The number of hydrogen-bond donors (Lipinski definition) is 2. The third kappa shape index (κ3) is 4.39. The first-order valence-corrected chi connectivity index (χ1v) is 12.8. The van der Waals surface area contributed by atoms with E-state index in [2.05, 4.69) is 65.2 Å². The average molecular weight is 484 g/mol. The lowest BCUT2D eigenvalue weighted by atomic mass is 10.1. The fraction of sp³-hybridized carbons (Fsp3) is 0.379. The minimum atomic E-state index is 0.0338. The molecule has 2 N–H and O–H groups in total. The van der Waals surface area contributed by atoms with Gasteiger partial charge in [0.2, 0.25) is 0 Å². The van der Waals surface area contributed by atoms with Crippen LogP contribution >= 0.6 is 0 Å². The molecule has 0 bridgehead atoms. The number of aromatic amines is 2. The van der Waals surface area contributed by atoms with Gasteiger partial charge >= 0.3 is 0 Å². The number of H-pyrrole nitrogens is 2. The van der Waals surface area contributed by atoms with Gasteiger partial charge in [0, 0.05) is 47.9 Å². The minimum Gasteiger partial charge on any atom is -0.491 e. The lowest BCUT2D eigenvalue weighted by molar-refractivity contribution is 0.0735. The van der Waals surface area contributed by atoms with Crippen LogP contribution in [0.3, 0.4) is 0 Å². The van der Waals surface area contributed by atoms with E-state index in [0.29, 0.717) is 31.2 Å². The number of rotatable bonds is 6. The Morgan fingerprint density at radius 1 is 1.17 bits per heavy atom. The number of ether oxygens (including phenoxy) is 1. The first kappa shape index (κ1) is 22.9. The van der Waals surface area contributed by atoms with E-state index in [0.717, 1.165) is 46.7 Å². The van der Waals surface area contributed by atoms with Crippen molar-refractivity contribution in [3.63, 3.8) is 0 Å². The van der Waals surface area contributed by atoms with Gasteiger partial charge in [-0.15, -0.1) is 0 Å². The van der Waals surface area contributed by atoms with Crippen molar-refractivity contribution in [3.05, 3.63) is 81.8 Å². The van der Waals surface area contributed by atoms with Crippen molar-refractivity contribution >= 4 is 16.8 Å². The van der Waals surface area contributed by atoms with E-state index in [9.17, 15) is 4.79 Å². The highest BCUT2D eigenvalue weighted by Crippen LogP contribution is 2.39. The normalized spacial score (nSPS) is 15.7. The lowest BCUT2D eigenvalue weighted by Crippen LogP contribution is -2.32. The number of fused-ring (bicyclic) bond motifs is 2. The maximum Gasteiger partial charge on any atom is 0.256 e. The highest BCUT2D eigenvalue weighted by atomic mass is 16.5. The third-order valence-corrected chi connectivity index (χ3v) is 7.51. The summed E-state index contributed by atoms with van der Waals surface area (Å²) in [5.74, 6) is 1.56. The van der Waals surface area contributed by atoms with E-state index in [4.69, 9.17) is 4.74 Å². The molecule has 0 saturated heterocycles. The summed E-state index contributed by atoms with van der Waals surface area (Å²) in [6, 6.07) is 14.5. The molecule has 1 aliphatic heterocycles. The third-order valence-electron chi connectivity index (χ3n) is 7.51. The summed E-state index contributed by atoms with van der Waals surface area (Å²) in [7, 11) is 2.12. The summed E-state index contributed by atoms with van der Waals surface area (Å²) in [5.41, 5.74) is 8.53. The zero-order chi connectivity index (χ0) is 24.8. The second-order valence-electron chi connectivity index (χ2n) is 10.4. The van der Waals surface area contributed by atoms with Crippen molar-refractivity contribution in [2.45, 2.75) is 52.2 Å². The molecule has 1 saturated carbocycles. The molecule has 0 unspecified atom stereocenters. The zero-order valence-corrected chi connectivity index (χ0v) is 21.2. The van der Waals surface area contributed by atoms with Crippen LogP contribution in [0, 0.1) is 13.8 Å². The van der Waals surface area contributed by atoms with Gasteiger partial charge in [0.25, 0.3) is 5.91 Å². The number of amides is 1. The molecule has 3 heterocycles. The van der Waals surface area contributed by atoms with Crippen molar-refractivity contribution in [2.75, 3.05) is 20.2 Å². The van der Waals surface area contributed by atoms with Gasteiger partial charge < -0.3 is 14.6 Å². The first-order valence-electron chi connectivity index (χ1n) is 12.8. The Bertz CT molecular complexity index is 1430. The molecule has 0 atom stereocenters. The molecule has 0 spiro atoms. The molecule has 6 rings (SSSR count). The number of benzene rings is 2. The number of hydrogen-bond acceptors (Lipinski definition) is 4. The molecule has 36 heavy (non-hydrogen) atoms. The van der Waals surface area contributed by atoms with Crippen LogP contribution in [0.25, 0.3) is 10.9 Å². The van der Waals surface area contributed by atoms with Crippen LogP contribution in [0.5, 0.6) is 5.75 Å². The fourth-order valence-corrected chi connectivity index (χ4v) is 5.26. The maximum atomic E-state index is 13.6. The molecule has 0 radical (unpaired) electrons.